The number of rotatable bonds is 2. The van der Waals surface area contributed by atoms with Gasteiger partial charge < -0.3 is 9.31 Å². The predicted molar refractivity (Wildman–Crippen MR) is 81.1 cm³/mol. The van der Waals surface area contributed by atoms with Crippen LogP contribution in [0.25, 0.3) is 10.6 Å². The first-order valence-corrected chi connectivity index (χ1v) is 7.48. The number of hydrogen-bond donors (Lipinski definition) is 0. The lowest BCUT2D eigenvalue weighted by Gasteiger charge is -2.32. The van der Waals surface area contributed by atoms with E-state index in [2.05, 4.69) is 9.97 Å². The molecule has 0 radical (unpaired) electrons. The molecule has 6 heteroatoms. The number of hydrogen-bond acceptors (Lipinski definition) is 5. The van der Waals surface area contributed by atoms with Crippen LogP contribution in [0.15, 0.2) is 30.0 Å². The van der Waals surface area contributed by atoms with Crippen molar-refractivity contribution in [2.45, 2.75) is 38.9 Å². The Morgan fingerprint density at radius 2 is 1.80 bits per heavy atom. The lowest BCUT2D eigenvalue weighted by molar-refractivity contribution is 0.00578. The minimum Gasteiger partial charge on any atom is -0.399 e. The van der Waals surface area contributed by atoms with E-state index in [4.69, 9.17) is 9.31 Å². The van der Waals surface area contributed by atoms with Crippen LogP contribution >= 0.6 is 11.3 Å². The number of aromatic nitrogens is 2. The van der Waals surface area contributed by atoms with E-state index >= 15 is 0 Å². The summed E-state index contributed by atoms with van der Waals surface area (Å²) in [6, 6.07) is 1.96. The van der Waals surface area contributed by atoms with Gasteiger partial charge in [0.15, 0.2) is 0 Å². The van der Waals surface area contributed by atoms with E-state index in [1.165, 1.54) is 0 Å². The minimum atomic E-state index is -0.410. The second-order valence-electron chi connectivity index (χ2n) is 5.89. The standard InChI is InChI=1S/C14H17BN2O2S/c1-13(2)14(3,4)19-15(18-13)11-9-16-6-5-10(11)12-17-7-8-20-12/h5-9H,1-4H3. The van der Waals surface area contributed by atoms with Crippen LogP contribution in [0.4, 0.5) is 0 Å². The molecule has 20 heavy (non-hydrogen) atoms. The van der Waals surface area contributed by atoms with Gasteiger partial charge in [0.25, 0.3) is 0 Å². The van der Waals surface area contributed by atoms with Gasteiger partial charge in [-0.05, 0) is 33.8 Å². The Labute approximate surface area is 123 Å². The van der Waals surface area contributed by atoms with Crippen LogP contribution in [0.3, 0.4) is 0 Å². The number of thiazole rings is 1. The van der Waals surface area contributed by atoms with Crippen molar-refractivity contribution >= 4 is 23.9 Å². The smallest absolute Gasteiger partial charge is 0.399 e. The van der Waals surface area contributed by atoms with Crippen molar-refractivity contribution in [3.8, 4) is 10.6 Å². The van der Waals surface area contributed by atoms with Crippen LogP contribution < -0.4 is 5.46 Å². The van der Waals surface area contributed by atoms with Crippen molar-refractivity contribution in [3.05, 3.63) is 30.0 Å². The van der Waals surface area contributed by atoms with Crippen LogP contribution in [0.2, 0.25) is 0 Å². The molecule has 3 heterocycles. The highest BCUT2D eigenvalue weighted by atomic mass is 32.1. The quantitative estimate of drug-likeness (QED) is 0.796. The molecular weight excluding hydrogens is 271 g/mol. The monoisotopic (exact) mass is 288 g/mol. The molecule has 104 valence electrons. The fraction of sp³-hybridized carbons (Fsp3) is 0.429. The topological polar surface area (TPSA) is 44.2 Å². The number of nitrogens with zero attached hydrogens (tertiary/aromatic N) is 2. The zero-order valence-corrected chi connectivity index (χ0v) is 12.9. The van der Waals surface area contributed by atoms with E-state index in [0.29, 0.717) is 0 Å². The summed E-state index contributed by atoms with van der Waals surface area (Å²) in [6.07, 6.45) is 5.37. The van der Waals surface area contributed by atoms with Crippen molar-refractivity contribution in [2.24, 2.45) is 0 Å². The van der Waals surface area contributed by atoms with E-state index in [0.717, 1.165) is 16.0 Å². The molecule has 2 aromatic rings. The molecule has 0 spiro atoms. The van der Waals surface area contributed by atoms with Gasteiger partial charge in [-0.15, -0.1) is 11.3 Å². The summed E-state index contributed by atoms with van der Waals surface area (Å²) >= 11 is 1.60. The third-order valence-electron chi connectivity index (χ3n) is 4.02. The molecule has 3 rings (SSSR count). The third-order valence-corrected chi connectivity index (χ3v) is 4.83. The average Bonchev–Trinajstić information content (AvgIpc) is 2.97. The molecule has 0 unspecified atom stereocenters. The molecule has 0 amide bonds. The van der Waals surface area contributed by atoms with Gasteiger partial charge in [-0.3, -0.25) is 4.98 Å². The largest absolute Gasteiger partial charge is 0.497 e. The molecule has 0 saturated carbocycles. The fourth-order valence-electron chi connectivity index (χ4n) is 2.12. The fourth-order valence-corrected chi connectivity index (χ4v) is 2.80. The van der Waals surface area contributed by atoms with Gasteiger partial charge in [0, 0.05) is 35.0 Å². The van der Waals surface area contributed by atoms with Gasteiger partial charge in [-0.2, -0.15) is 0 Å². The summed E-state index contributed by atoms with van der Waals surface area (Å²) in [5.41, 5.74) is 1.25. The highest BCUT2D eigenvalue weighted by Crippen LogP contribution is 2.37. The van der Waals surface area contributed by atoms with E-state index in [1.807, 2.05) is 39.1 Å². The summed E-state index contributed by atoms with van der Waals surface area (Å²) in [5, 5.41) is 2.92. The number of pyridine rings is 1. The van der Waals surface area contributed by atoms with Crippen molar-refractivity contribution in [1.82, 2.24) is 9.97 Å². The molecule has 4 nitrogen and oxygen atoms in total. The van der Waals surface area contributed by atoms with Crippen LogP contribution in [0.5, 0.6) is 0 Å². The van der Waals surface area contributed by atoms with Gasteiger partial charge >= 0.3 is 7.12 Å². The van der Waals surface area contributed by atoms with Crippen LogP contribution in [-0.2, 0) is 9.31 Å². The van der Waals surface area contributed by atoms with Crippen molar-refractivity contribution in [1.29, 1.82) is 0 Å². The molecule has 0 N–H and O–H groups in total. The summed E-state index contributed by atoms with van der Waals surface area (Å²) in [4.78, 5) is 8.58. The molecule has 0 aromatic carbocycles. The lowest BCUT2D eigenvalue weighted by atomic mass is 9.77. The van der Waals surface area contributed by atoms with E-state index in [9.17, 15) is 0 Å². The molecule has 2 aromatic heterocycles. The van der Waals surface area contributed by atoms with Crippen molar-refractivity contribution in [3.63, 3.8) is 0 Å². The van der Waals surface area contributed by atoms with Gasteiger partial charge in [0.2, 0.25) is 0 Å². The van der Waals surface area contributed by atoms with Gasteiger partial charge in [0.05, 0.1) is 11.2 Å². The molecule has 0 bridgehead atoms. The minimum absolute atomic E-state index is 0.354. The van der Waals surface area contributed by atoms with Crippen LogP contribution in [0, 0.1) is 0 Å². The predicted octanol–water partition coefficient (Wildman–Crippen LogP) is 2.50. The average molecular weight is 288 g/mol. The molecule has 1 fully saturated rings. The molecular formula is C14H17BN2O2S. The van der Waals surface area contributed by atoms with E-state index < -0.39 is 7.12 Å². The first-order chi connectivity index (χ1) is 9.41. The SMILES string of the molecule is CC1(C)OB(c2cnccc2-c2nccs2)OC1(C)C. The summed E-state index contributed by atoms with van der Waals surface area (Å²) in [7, 11) is -0.410. The molecule has 0 aliphatic carbocycles. The first-order valence-electron chi connectivity index (χ1n) is 6.60. The zero-order chi connectivity index (χ0) is 14.4. The maximum absolute atomic E-state index is 6.10. The van der Waals surface area contributed by atoms with Crippen LogP contribution in [0.1, 0.15) is 27.7 Å². The van der Waals surface area contributed by atoms with Crippen molar-refractivity contribution < 1.29 is 9.31 Å². The summed E-state index contributed by atoms with van der Waals surface area (Å²) < 4.78 is 12.2. The van der Waals surface area contributed by atoms with Gasteiger partial charge in [0.1, 0.15) is 5.01 Å². The van der Waals surface area contributed by atoms with Crippen molar-refractivity contribution in [2.75, 3.05) is 0 Å². The Kier molecular flexibility index (Phi) is 3.19. The Morgan fingerprint density at radius 3 is 2.40 bits per heavy atom. The summed E-state index contributed by atoms with van der Waals surface area (Å²) in [5.74, 6) is 0. The Bertz CT molecular complexity index is 597. The second-order valence-corrected chi connectivity index (χ2v) is 6.78. The third kappa shape index (κ3) is 2.18. The molecule has 1 saturated heterocycles. The Hall–Kier alpha value is -1.24. The van der Waals surface area contributed by atoms with Gasteiger partial charge in [-0.1, -0.05) is 0 Å². The zero-order valence-electron chi connectivity index (χ0n) is 12.1. The lowest BCUT2D eigenvalue weighted by Crippen LogP contribution is -2.41. The van der Waals surface area contributed by atoms with E-state index in [1.54, 1.807) is 29.9 Å². The normalized spacial score (nSPS) is 20.3. The first kappa shape index (κ1) is 13.7. The Balaban J connectivity index is 2.01. The summed E-state index contributed by atoms with van der Waals surface area (Å²) in [6.45, 7) is 8.19. The highest BCUT2D eigenvalue weighted by molar-refractivity contribution is 7.13. The molecule has 1 aliphatic rings. The highest BCUT2D eigenvalue weighted by Gasteiger charge is 2.52. The maximum atomic E-state index is 6.10. The Morgan fingerprint density at radius 1 is 1.10 bits per heavy atom. The van der Waals surface area contributed by atoms with Gasteiger partial charge in [-0.25, -0.2) is 4.98 Å². The maximum Gasteiger partial charge on any atom is 0.497 e. The van der Waals surface area contributed by atoms with E-state index in [-0.39, 0.29) is 11.2 Å². The molecule has 1 aliphatic heterocycles. The van der Waals surface area contributed by atoms with Crippen LogP contribution in [-0.4, -0.2) is 28.3 Å². The molecule has 0 atom stereocenters. The second kappa shape index (κ2) is 4.65.